The third kappa shape index (κ3) is 2.40. The molecule has 0 heterocycles. The molecule has 54 valence electrons. The Bertz CT molecular complexity index is 175. The van der Waals surface area contributed by atoms with Gasteiger partial charge in [-0.05, 0) is 25.0 Å². The monoisotopic (exact) mass is 138 g/mol. The van der Waals surface area contributed by atoms with E-state index in [4.69, 9.17) is 9.93 Å². The summed E-state index contributed by atoms with van der Waals surface area (Å²) in [6.07, 6.45) is 0. The van der Waals surface area contributed by atoms with Crippen LogP contribution in [-0.4, -0.2) is 0 Å². The molecule has 1 aromatic rings. The molecule has 0 fully saturated rings. The second-order valence-electron chi connectivity index (χ2n) is 2.08. The quantitative estimate of drug-likeness (QED) is 0.551. The van der Waals surface area contributed by atoms with Gasteiger partial charge < -0.3 is 0 Å². The average molecular weight is 138 g/mol. The first kappa shape index (κ1) is 8.82. The number of aryl methyl sites for hydroxylation is 2. The first-order valence-electron chi connectivity index (χ1n) is 2.99. The van der Waals surface area contributed by atoms with E-state index in [2.05, 4.69) is 38.1 Å². The molecule has 0 N–H and O–H groups in total. The number of hydrogen-bond donors (Lipinski definition) is 0. The van der Waals surface area contributed by atoms with E-state index < -0.39 is 0 Å². The van der Waals surface area contributed by atoms with Gasteiger partial charge in [-0.1, -0.05) is 24.3 Å². The van der Waals surface area contributed by atoms with Gasteiger partial charge in [-0.25, -0.2) is 0 Å². The molecule has 1 rings (SSSR count). The van der Waals surface area contributed by atoms with Crippen LogP contribution < -0.4 is 0 Å². The Morgan fingerprint density at radius 1 is 0.900 bits per heavy atom. The fourth-order valence-corrected chi connectivity index (χ4v) is 0.663. The molecule has 0 bridgehead atoms. The molecule has 0 spiro atoms. The van der Waals surface area contributed by atoms with Crippen molar-refractivity contribution in [3.63, 3.8) is 0 Å². The van der Waals surface area contributed by atoms with E-state index in [1.165, 1.54) is 11.1 Å². The molecule has 2 heteroatoms. The van der Waals surface area contributed by atoms with Crippen LogP contribution in [0.1, 0.15) is 11.1 Å². The van der Waals surface area contributed by atoms with Crippen molar-refractivity contribution in [1.82, 2.24) is 0 Å². The van der Waals surface area contributed by atoms with Crippen molar-refractivity contribution in [2.75, 3.05) is 0 Å². The molecule has 0 aliphatic carbocycles. The van der Waals surface area contributed by atoms with Crippen LogP contribution in [0.25, 0.3) is 0 Å². The van der Waals surface area contributed by atoms with Crippen molar-refractivity contribution in [3.05, 3.63) is 45.3 Å². The van der Waals surface area contributed by atoms with Crippen molar-refractivity contribution in [3.8, 4) is 0 Å². The predicted octanol–water partition coefficient (Wildman–Crippen LogP) is 2.37. The van der Waals surface area contributed by atoms with Gasteiger partial charge in [0, 0.05) is 9.93 Å². The molecule has 0 aliphatic rings. The normalized spacial score (nSPS) is 7.80. The highest BCUT2D eigenvalue weighted by atomic mass is 16.7. The molecule has 0 atom stereocenters. The molecule has 1 aromatic carbocycles. The summed E-state index contributed by atoms with van der Waals surface area (Å²) in [5, 5.41) is 0. The fourth-order valence-electron chi connectivity index (χ4n) is 0.663. The number of hydrogen-bond acceptors (Lipinski definition) is 2. The predicted molar refractivity (Wildman–Crippen MR) is 42.7 cm³/mol. The van der Waals surface area contributed by atoms with E-state index in [1.807, 2.05) is 0 Å². The maximum absolute atomic E-state index is 7.00. The molecule has 0 saturated heterocycles. The van der Waals surface area contributed by atoms with Crippen LogP contribution in [0.2, 0.25) is 0 Å². The lowest BCUT2D eigenvalue weighted by Gasteiger charge is -1.93. The molecule has 0 amide bonds. The standard InChI is InChI=1S/C8H10.O2/c1-7-5-3-4-6-8(7)2;1-2/h3-6H,1-2H3;. The second kappa shape index (κ2) is 4.68. The maximum Gasteiger partial charge on any atom is 0 e. The van der Waals surface area contributed by atoms with Crippen LogP contribution >= 0.6 is 0 Å². The highest BCUT2D eigenvalue weighted by molar-refractivity contribution is 5.23. The Morgan fingerprint density at radius 2 is 1.20 bits per heavy atom. The Labute approximate surface area is 60.1 Å². The van der Waals surface area contributed by atoms with Gasteiger partial charge in [0.05, 0.1) is 0 Å². The van der Waals surface area contributed by atoms with E-state index in [0.29, 0.717) is 0 Å². The van der Waals surface area contributed by atoms with Gasteiger partial charge in [0.1, 0.15) is 0 Å². The van der Waals surface area contributed by atoms with Gasteiger partial charge in [-0.3, -0.25) is 0 Å². The Morgan fingerprint density at radius 3 is 1.40 bits per heavy atom. The highest BCUT2D eigenvalue weighted by Crippen LogP contribution is 2.02. The van der Waals surface area contributed by atoms with Crippen LogP contribution in [0.3, 0.4) is 0 Å². The van der Waals surface area contributed by atoms with Gasteiger partial charge >= 0.3 is 0 Å². The Hall–Kier alpha value is -1.18. The van der Waals surface area contributed by atoms with Gasteiger partial charge in [0.15, 0.2) is 0 Å². The zero-order valence-electron chi connectivity index (χ0n) is 6.13. The van der Waals surface area contributed by atoms with Crippen molar-refractivity contribution < 1.29 is 0 Å². The van der Waals surface area contributed by atoms with Crippen molar-refractivity contribution in [1.29, 1.82) is 0 Å². The molecule has 0 radical (unpaired) electrons. The number of rotatable bonds is 0. The van der Waals surface area contributed by atoms with E-state index in [9.17, 15) is 0 Å². The lowest BCUT2D eigenvalue weighted by Crippen LogP contribution is -1.74. The van der Waals surface area contributed by atoms with Gasteiger partial charge in [0.25, 0.3) is 0 Å². The van der Waals surface area contributed by atoms with Crippen molar-refractivity contribution in [2.24, 2.45) is 0 Å². The van der Waals surface area contributed by atoms with Crippen LogP contribution in [0, 0.1) is 23.8 Å². The zero-order chi connectivity index (χ0) is 7.98. The van der Waals surface area contributed by atoms with Crippen LogP contribution in [0.15, 0.2) is 24.3 Å². The van der Waals surface area contributed by atoms with Crippen molar-refractivity contribution >= 4 is 0 Å². The van der Waals surface area contributed by atoms with Gasteiger partial charge in [-0.2, -0.15) is 0 Å². The molecule has 10 heavy (non-hydrogen) atoms. The lowest BCUT2D eigenvalue weighted by atomic mass is 10.1. The van der Waals surface area contributed by atoms with Crippen LogP contribution in [0.5, 0.6) is 0 Å². The first-order chi connectivity index (χ1) is 4.80. The molecular weight excluding hydrogens is 128 g/mol. The molecule has 2 nitrogen and oxygen atoms in total. The van der Waals surface area contributed by atoms with E-state index >= 15 is 0 Å². The van der Waals surface area contributed by atoms with Gasteiger partial charge in [-0.15, -0.1) is 0 Å². The SMILES string of the molecule is Cc1ccccc1C.O=O. The zero-order valence-corrected chi connectivity index (χ0v) is 6.13. The third-order valence-electron chi connectivity index (χ3n) is 1.43. The molecule has 0 unspecified atom stereocenters. The summed E-state index contributed by atoms with van der Waals surface area (Å²) in [6, 6.07) is 8.36. The van der Waals surface area contributed by atoms with Crippen LogP contribution in [-0.2, 0) is 0 Å². The van der Waals surface area contributed by atoms with Gasteiger partial charge in [0.2, 0.25) is 0 Å². The molecular formula is C8H10O2. The second-order valence-corrected chi connectivity index (χ2v) is 2.08. The maximum atomic E-state index is 7.00. The molecule has 0 aliphatic heterocycles. The average Bonchev–Trinajstić information content (AvgIpc) is 2.00. The summed E-state index contributed by atoms with van der Waals surface area (Å²) in [7, 11) is 0. The Kier molecular flexibility index (Phi) is 4.12. The summed E-state index contributed by atoms with van der Waals surface area (Å²) >= 11 is 0. The topological polar surface area (TPSA) is 34.1 Å². The number of benzene rings is 1. The molecule has 0 aromatic heterocycles. The highest BCUT2D eigenvalue weighted by Gasteiger charge is 1.83. The fraction of sp³-hybridized carbons (Fsp3) is 0.250. The summed E-state index contributed by atoms with van der Waals surface area (Å²) in [4.78, 5) is 14.0. The minimum absolute atomic E-state index is 1.37. The third-order valence-corrected chi connectivity index (χ3v) is 1.43. The van der Waals surface area contributed by atoms with Crippen LogP contribution in [0.4, 0.5) is 0 Å². The van der Waals surface area contributed by atoms with Crippen molar-refractivity contribution in [2.45, 2.75) is 13.8 Å². The summed E-state index contributed by atoms with van der Waals surface area (Å²) in [5.41, 5.74) is 2.74. The van der Waals surface area contributed by atoms with E-state index in [1.54, 1.807) is 0 Å². The first-order valence-corrected chi connectivity index (χ1v) is 2.99. The molecule has 0 saturated carbocycles. The van der Waals surface area contributed by atoms with E-state index in [0.717, 1.165) is 0 Å². The smallest absolute Gasteiger partial charge is 0 e. The van der Waals surface area contributed by atoms with E-state index in [-0.39, 0.29) is 0 Å². The minimum atomic E-state index is 1.37. The minimum Gasteiger partial charge on any atom is -0.0620 e. The largest absolute Gasteiger partial charge is 0.0620 e. The summed E-state index contributed by atoms with van der Waals surface area (Å²) in [6.45, 7) is 4.24. The Balaban J connectivity index is 0.000000371. The lowest BCUT2D eigenvalue weighted by molar-refractivity contribution is 1.34. The summed E-state index contributed by atoms with van der Waals surface area (Å²) < 4.78 is 0. The summed E-state index contributed by atoms with van der Waals surface area (Å²) in [5.74, 6) is 0.